The number of aliphatic hydroxyl groups is 1. The van der Waals surface area contributed by atoms with E-state index in [0.717, 1.165) is 56.1 Å². The van der Waals surface area contributed by atoms with Crippen LogP contribution in [0.2, 0.25) is 5.02 Å². The highest BCUT2D eigenvalue weighted by Crippen LogP contribution is 2.64. The molecule has 0 aromatic heterocycles. The summed E-state index contributed by atoms with van der Waals surface area (Å²) in [7, 11) is 0. The van der Waals surface area contributed by atoms with Crippen LogP contribution in [0.15, 0.2) is 41.5 Å². The fourth-order valence-corrected chi connectivity index (χ4v) is 7.41. The van der Waals surface area contributed by atoms with Gasteiger partial charge in [-0.15, -0.1) is 0 Å². The van der Waals surface area contributed by atoms with Crippen LogP contribution < -0.4 is 0 Å². The van der Waals surface area contributed by atoms with Gasteiger partial charge in [0.15, 0.2) is 5.78 Å². The summed E-state index contributed by atoms with van der Waals surface area (Å²) < 4.78 is 0. The van der Waals surface area contributed by atoms with Crippen molar-refractivity contribution in [3.8, 4) is 0 Å². The Labute approximate surface area is 179 Å². The van der Waals surface area contributed by atoms with Crippen LogP contribution >= 0.6 is 11.6 Å². The molecule has 0 spiro atoms. The van der Waals surface area contributed by atoms with Crippen LogP contribution in [0.5, 0.6) is 0 Å². The van der Waals surface area contributed by atoms with E-state index in [2.05, 4.69) is 19.9 Å². The number of hydrogen-bond donors (Lipinski definition) is 1. The third kappa shape index (κ3) is 2.90. The van der Waals surface area contributed by atoms with Crippen LogP contribution in [0.25, 0.3) is 6.08 Å². The number of rotatable bonds is 1. The third-order valence-electron chi connectivity index (χ3n) is 8.95. The van der Waals surface area contributed by atoms with Crippen molar-refractivity contribution in [2.75, 3.05) is 0 Å². The Morgan fingerprint density at radius 1 is 1.07 bits per heavy atom. The van der Waals surface area contributed by atoms with Gasteiger partial charge in [0.25, 0.3) is 0 Å². The molecule has 0 radical (unpaired) electrons. The van der Waals surface area contributed by atoms with Crippen molar-refractivity contribution in [3.05, 3.63) is 52.1 Å². The molecule has 4 aliphatic rings. The topological polar surface area (TPSA) is 37.3 Å². The zero-order valence-corrected chi connectivity index (χ0v) is 18.2. The summed E-state index contributed by atoms with van der Waals surface area (Å²) >= 11 is 6.37. The quantitative estimate of drug-likeness (QED) is 0.440. The second kappa shape index (κ2) is 6.82. The van der Waals surface area contributed by atoms with E-state index in [9.17, 15) is 9.90 Å². The number of Topliss-reactive ketones (excluding diaryl/α,β-unsaturated/α-hetero) is 1. The van der Waals surface area contributed by atoms with Crippen molar-refractivity contribution in [2.45, 2.75) is 64.9 Å². The van der Waals surface area contributed by atoms with Crippen LogP contribution in [0.4, 0.5) is 0 Å². The van der Waals surface area contributed by atoms with Gasteiger partial charge in [-0.05, 0) is 91.4 Å². The number of benzene rings is 1. The Kier molecular flexibility index (Phi) is 4.60. The van der Waals surface area contributed by atoms with Crippen LogP contribution in [-0.2, 0) is 4.79 Å². The number of fused-ring (bicyclic) bond motifs is 5. The summed E-state index contributed by atoms with van der Waals surface area (Å²) in [5, 5.41) is 10.9. The molecular formula is C26H31ClO2. The first-order chi connectivity index (χ1) is 13.8. The fourth-order valence-electron chi connectivity index (χ4n) is 7.22. The maximum atomic E-state index is 13.5. The number of ketones is 1. The molecule has 1 aromatic carbocycles. The van der Waals surface area contributed by atoms with Crippen molar-refractivity contribution in [1.29, 1.82) is 0 Å². The van der Waals surface area contributed by atoms with Gasteiger partial charge in [-0.1, -0.05) is 55.3 Å². The van der Waals surface area contributed by atoms with Crippen molar-refractivity contribution in [2.24, 2.45) is 28.6 Å². The molecule has 6 unspecified atom stereocenters. The molecule has 1 N–H and O–H groups in total. The van der Waals surface area contributed by atoms with E-state index in [-0.39, 0.29) is 16.9 Å². The number of aliphatic hydroxyl groups excluding tert-OH is 1. The van der Waals surface area contributed by atoms with Gasteiger partial charge in [0.2, 0.25) is 0 Å². The Morgan fingerprint density at radius 3 is 2.62 bits per heavy atom. The molecular weight excluding hydrogens is 380 g/mol. The highest BCUT2D eigenvalue weighted by molar-refractivity contribution is 6.32. The largest absolute Gasteiger partial charge is 0.393 e. The number of allylic oxidation sites excluding steroid dienone is 2. The SMILES string of the molecule is CC12CCC3C(CC=C4CC(O)CCC43C)C1CC(=Cc1ccccc1Cl)C2=O. The molecule has 0 saturated heterocycles. The monoisotopic (exact) mass is 410 g/mol. The Balaban J connectivity index is 1.49. The second-order valence-corrected chi connectivity index (χ2v) is 10.7. The standard InChI is InChI=1S/C26H31ClO2/c1-25-11-9-19(28)15-18(25)7-8-20-21(25)10-12-26(2)22(20)14-17(24(26)29)13-16-5-3-4-6-23(16)27/h3-7,13,19-22,28H,8-12,14-15H2,1-2H3. The highest BCUT2D eigenvalue weighted by Gasteiger charge is 2.59. The van der Waals surface area contributed by atoms with Gasteiger partial charge >= 0.3 is 0 Å². The summed E-state index contributed by atoms with van der Waals surface area (Å²) in [6.07, 6.45) is 11.2. The Morgan fingerprint density at radius 2 is 1.83 bits per heavy atom. The summed E-state index contributed by atoms with van der Waals surface area (Å²) in [6, 6.07) is 7.80. The first kappa shape index (κ1) is 19.6. The molecule has 5 rings (SSSR count). The summed E-state index contributed by atoms with van der Waals surface area (Å²) in [6.45, 7) is 4.65. The molecule has 3 saturated carbocycles. The third-order valence-corrected chi connectivity index (χ3v) is 9.30. The average molecular weight is 411 g/mol. The smallest absolute Gasteiger partial charge is 0.165 e. The molecule has 1 aromatic rings. The average Bonchev–Trinajstić information content (AvgIpc) is 2.95. The lowest BCUT2D eigenvalue weighted by Crippen LogP contribution is -2.50. The van der Waals surface area contributed by atoms with E-state index in [1.807, 2.05) is 30.3 Å². The second-order valence-electron chi connectivity index (χ2n) is 10.3. The number of carbonyl (C=O) groups excluding carboxylic acids is 1. The first-order valence-corrected chi connectivity index (χ1v) is 11.6. The van der Waals surface area contributed by atoms with Gasteiger partial charge < -0.3 is 5.11 Å². The maximum absolute atomic E-state index is 13.5. The van der Waals surface area contributed by atoms with Crippen molar-refractivity contribution >= 4 is 23.5 Å². The lowest BCUT2D eigenvalue weighted by molar-refractivity contribution is -0.130. The number of hydrogen-bond acceptors (Lipinski definition) is 2. The van der Waals surface area contributed by atoms with Crippen LogP contribution in [0.1, 0.15) is 64.4 Å². The van der Waals surface area contributed by atoms with Gasteiger partial charge in [0.1, 0.15) is 0 Å². The zero-order chi connectivity index (χ0) is 20.4. The molecule has 0 heterocycles. The number of halogens is 1. The molecule has 0 bridgehead atoms. The van der Waals surface area contributed by atoms with E-state index < -0.39 is 0 Å². The van der Waals surface area contributed by atoms with E-state index in [4.69, 9.17) is 11.6 Å². The maximum Gasteiger partial charge on any atom is 0.165 e. The minimum absolute atomic E-state index is 0.169. The van der Waals surface area contributed by atoms with Crippen molar-refractivity contribution in [1.82, 2.24) is 0 Å². The van der Waals surface area contributed by atoms with Gasteiger partial charge in [0.05, 0.1) is 6.10 Å². The minimum atomic E-state index is -0.232. The van der Waals surface area contributed by atoms with E-state index in [1.165, 1.54) is 5.57 Å². The van der Waals surface area contributed by atoms with E-state index in [1.54, 1.807) is 0 Å². The van der Waals surface area contributed by atoms with Crippen LogP contribution in [0, 0.1) is 28.6 Å². The predicted molar refractivity (Wildman–Crippen MR) is 118 cm³/mol. The molecule has 0 aliphatic heterocycles. The molecule has 3 heteroatoms. The molecule has 3 fully saturated rings. The van der Waals surface area contributed by atoms with Crippen molar-refractivity contribution in [3.63, 3.8) is 0 Å². The molecule has 4 aliphatic carbocycles. The molecule has 154 valence electrons. The Hall–Kier alpha value is -1.38. The van der Waals surface area contributed by atoms with E-state index in [0.29, 0.717) is 28.6 Å². The molecule has 6 atom stereocenters. The Bertz CT molecular complexity index is 915. The van der Waals surface area contributed by atoms with Gasteiger partial charge in [0, 0.05) is 10.4 Å². The molecule has 2 nitrogen and oxygen atoms in total. The van der Waals surface area contributed by atoms with Gasteiger partial charge in [-0.25, -0.2) is 0 Å². The summed E-state index contributed by atoms with van der Waals surface area (Å²) in [4.78, 5) is 13.5. The van der Waals surface area contributed by atoms with Crippen LogP contribution in [0.3, 0.4) is 0 Å². The zero-order valence-electron chi connectivity index (χ0n) is 17.5. The first-order valence-electron chi connectivity index (χ1n) is 11.2. The van der Waals surface area contributed by atoms with E-state index >= 15 is 0 Å². The lowest BCUT2D eigenvalue weighted by Gasteiger charge is -2.56. The lowest BCUT2D eigenvalue weighted by atomic mass is 9.48. The number of carbonyl (C=O) groups is 1. The molecule has 29 heavy (non-hydrogen) atoms. The summed E-state index contributed by atoms with van der Waals surface area (Å²) in [5.41, 5.74) is 3.38. The normalized spacial score (nSPS) is 42.8. The van der Waals surface area contributed by atoms with Crippen molar-refractivity contribution < 1.29 is 9.90 Å². The van der Waals surface area contributed by atoms with Gasteiger partial charge in [-0.2, -0.15) is 0 Å². The highest BCUT2D eigenvalue weighted by atomic mass is 35.5. The van der Waals surface area contributed by atoms with Gasteiger partial charge in [-0.3, -0.25) is 4.79 Å². The fraction of sp³-hybridized carbons (Fsp3) is 0.577. The minimum Gasteiger partial charge on any atom is -0.393 e. The van der Waals surface area contributed by atoms with Crippen LogP contribution in [-0.4, -0.2) is 17.0 Å². The molecule has 0 amide bonds. The predicted octanol–water partition coefficient (Wildman–Crippen LogP) is 6.23. The summed E-state index contributed by atoms with van der Waals surface area (Å²) in [5.74, 6) is 1.98.